The molecule has 1 aliphatic rings. The van der Waals surface area contributed by atoms with Crippen molar-refractivity contribution < 1.29 is 9.47 Å². The lowest BCUT2D eigenvalue weighted by atomic mass is 10.00. The van der Waals surface area contributed by atoms with Gasteiger partial charge in [-0.1, -0.05) is 79.7 Å². The summed E-state index contributed by atoms with van der Waals surface area (Å²) in [7, 11) is 0. The normalized spacial score (nSPS) is 16.2. The number of hydrogen-bond acceptors (Lipinski definition) is 4. The third-order valence-electron chi connectivity index (χ3n) is 6.08. The van der Waals surface area contributed by atoms with Crippen LogP contribution in [0, 0.1) is 5.92 Å². The molecule has 2 N–H and O–H groups in total. The number of nitrogens with zero attached hydrogens (tertiary/aromatic N) is 1. The van der Waals surface area contributed by atoms with E-state index in [0.29, 0.717) is 18.2 Å². The van der Waals surface area contributed by atoms with Crippen LogP contribution in [0.1, 0.15) is 37.0 Å². The molecule has 4 heteroatoms. The van der Waals surface area contributed by atoms with Gasteiger partial charge in [0.05, 0.1) is 18.4 Å². The number of nitrogens with two attached hydrogens (primary N) is 1. The molecule has 0 aliphatic carbocycles. The molecule has 3 aromatic rings. The van der Waals surface area contributed by atoms with Gasteiger partial charge in [0.25, 0.3) is 0 Å². The van der Waals surface area contributed by atoms with Gasteiger partial charge in [0.15, 0.2) is 0 Å². The van der Waals surface area contributed by atoms with Gasteiger partial charge in [-0.2, -0.15) is 0 Å². The molecular weight excluding hydrogens is 396 g/mol. The third kappa shape index (κ3) is 6.12. The van der Waals surface area contributed by atoms with Crippen LogP contribution < -0.4 is 10.5 Å². The highest BCUT2D eigenvalue weighted by Crippen LogP contribution is 2.30. The first-order chi connectivity index (χ1) is 15.7. The number of nitrogen functional groups attached to an aromatic ring is 1. The third-order valence-corrected chi connectivity index (χ3v) is 6.08. The van der Waals surface area contributed by atoms with E-state index in [1.54, 1.807) is 0 Å². The van der Waals surface area contributed by atoms with E-state index >= 15 is 0 Å². The molecule has 1 atom stereocenters. The van der Waals surface area contributed by atoms with Gasteiger partial charge >= 0.3 is 0 Å². The average Bonchev–Trinajstić information content (AvgIpc) is 2.84. The van der Waals surface area contributed by atoms with Crippen molar-refractivity contribution in [2.75, 3.05) is 32.0 Å². The number of likely N-dealkylation sites (tertiary alicyclic amines) is 1. The van der Waals surface area contributed by atoms with Crippen LogP contribution in [-0.4, -0.2) is 37.2 Å². The van der Waals surface area contributed by atoms with Gasteiger partial charge < -0.3 is 20.1 Å². The highest BCUT2D eigenvalue weighted by molar-refractivity contribution is 5.51. The Balaban J connectivity index is 1.27. The fraction of sp³-hybridized carbons (Fsp3) is 0.357. The summed E-state index contributed by atoms with van der Waals surface area (Å²) in [5.41, 5.74) is 9.11. The minimum absolute atomic E-state index is 0.0161. The summed E-state index contributed by atoms with van der Waals surface area (Å²) in [6.45, 7) is 6.05. The minimum atomic E-state index is -0.0161. The van der Waals surface area contributed by atoms with Gasteiger partial charge in [-0.3, -0.25) is 0 Å². The molecule has 168 valence electrons. The second kappa shape index (κ2) is 11.2. The topological polar surface area (TPSA) is 47.7 Å². The van der Waals surface area contributed by atoms with Crippen molar-refractivity contribution in [2.24, 2.45) is 5.92 Å². The van der Waals surface area contributed by atoms with E-state index in [1.807, 2.05) is 24.3 Å². The summed E-state index contributed by atoms with van der Waals surface area (Å²) in [4.78, 5) is 2.53. The van der Waals surface area contributed by atoms with Crippen LogP contribution in [0.4, 0.5) is 5.69 Å². The summed E-state index contributed by atoms with van der Waals surface area (Å²) in [5.74, 6) is 1.22. The molecule has 1 aliphatic heterocycles. The first kappa shape index (κ1) is 22.4. The zero-order valence-electron chi connectivity index (χ0n) is 18.9. The van der Waals surface area contributed by atoms with E-state index in [1.165, 1.54) is 11.1 Å². The van der Waals surface area contributed by atoms with Crippen molar-refractivity contribution in [3.8, 4) is 5.75 Å². The fourth-order valence-electron chi connectivity index (χ4n) is 4.36. The van der Waals surface area contributed by atoms with Crippen LogP contribution in [0.2, 0.25) is 0 Å². The maximum Gasteiger partial charge on any atom is 0.142 e. The van der Waals surface area contributed by atoms with Gasteiger partial charge in [0, 0.05) is 25.6 Å². The molecule has 0 radical (unpaired) electrons. The van der Waals surface area contributed by atoms with Crippen LogP contribution in [0.15, 0.2) is 84.9 Å². The largest absolute Gasteiger partial charge is 0.491 e. The zero-order chi connectivity index (χ0) is 22.2. The molecule has 1 heterocycles. The quantitative estimate of drug-likeness (QED) is 0.452. The summed E-state index contributed by atoms with van der Waals surface area (Å²) >= 11 is 0. The molecule has 1 fully saturated rings. The lowest BCUT2D eigenvalue weighted by Crippen LogP contribution is -2.40. The molecule has 3 aromatic carbocycles. The van der Waals surface area contributed by atoms with Gasteiger partial charge in [-0.15, -0.1) is 0 Å². The summed E-state index contributed by atoms with van der Waals surface area (Å²) in [6, 6.07) is 28.8. The van der Waals surface area contributed by atoms with Crippen molar-refractivity contribution in [3.63, 3.8) is 0 Å². The number of hydrogen-bond donors (Lipinski definition) is 1. The summed E-state index contributed by atoms with van der Waals surface area (Å²) < 4.78 is 12.6. The molecule has 0 spiro atoms. The van der Waals surface area contributed by atoms with Crippen molar-refractivity contribution in [3.05, 3.63) is 96.1 Å². The highest BCUT2D eigenvalue weighted by atomic mass is 16.5. The van der Waals surface area contributed by atoms with Crippen molar-refractivity contribution in [2.45, 2.75) is 32.0 Å². The van der Waals surface area contributed by atoms with Gasteiger partial charge in [0.2, 0.25) is 0 Å². The number of piperidine rings is 1. The summed E-state index contributed by atoms with van der Waals surface area (Å²) in [5, 5.41) is 0. The van der Waals surface area contributed by atoms with E-state index in [2.05, 4.69) is 72.5 Å². The molecular formula is C28H34N2O2. The van der Waals surface area contributed by atoms with Crippen LogP contribution in [0.3, 0.4) is 0 Å². The molecule has 0 bridgehead atoms. The number of para-hydroxylation sites is 2. The minimum Gasteiger partial charge on any atom is -0.491 e. The van der Waals surface area contributed by atoms with Crippen molar-refractivity contribution in [1.82, 2.24) is 4.90 Å². The van der Waals surface area contributed by atoms with Gasteiger partial charge in [0.1, 0.15) is 11.9 Å². The molecule has 0 aromatic heterocycles. The number of rotatable bonds is 9. The van der Waals surface area contributed by atoms with E-state index in [-0.39, 0.29) is 12.2 Å². The van der Waals surface area contributed by atoms with E-state index < -0.39 is 0 Å². The van der Waals surface area contributed by atoms with Crippen molar-refractivity contribution in [1.29, 1.82) is 0 Å². The average molecular weight is 431 g/mol. The number of benzene rings is 3. The van der Waals surface area contributed by atoms with Gasteiger partial charge in [-0.05, 0) is 36.1 Å². The molecule has 1 unspecified atom stereocenters. The first-order valence-electron chi connectivity index (χ1n) is 11.6. The predicted molar refractivity (Wildman–Crippen MR) is 131 cm³/mol. The molecule has 4 rings (SSSR count). The lowest BCUT2D eigenvalue weighted by molar-refractivity contribution is -0.0292. The Hall–Kier alpha value is -2.82. The molecule has 0 saturated carbocycles. The number of anilines is 1. The van der Waals surface area contributed by atoms with Crippen LogP contribution >= 0.6 is 0 Å². The Morgan fingerprint density at radius 2 is 1.41 bits per heavy atom. The first-order valence-corrected chi connectivity index (χ1v) is 11.6. The summed E-state index contributed by atoms with van der Waals surface area (Å²) in [6.07, 6.45) is 2.36. The Bertz CT molecular complexity index is 900. The molecule has 1 saturated heterocycles. The monoisotopic (exact) mass is 430 g/mol. The predicted octanol–water partition coefficient (Wildman–Crippen LogP) is 5.55. The zero-order valence-corrected chi connectivity index (χ0v) is 18.9. The standard InChI is InChI=1S/C28H34N2O2/c1-22(21-31-27-15-9-8-14-26(27)29)20-30-18-16-25(17-19-30)32-28(23-10-4-2-5-11-23)24-12-6-3-7-13-24/h2-15,22,25,28H,16-21,29H2,1H3. The smallest absolute Gasteiger partial charge is 0.142 e. The molecule has 4 nitrogen and oxygen atoms in total. The second-order valence-corrected chi connectivity index (χ2v) is 8.79. The Kier molecular flexibility index (Phi) is 7.81. The maximum absolute atomic E-state index is 6.67. The Morgan fingerprint density at radius 3 is 2.00 bits per heavy atom. The van der Waals surface area contributed by atoms with Crippen LogP contribution in [0.5, 0.6) is 5.75 Å². The second-order valence-electron chi connectivity index (χ2n) is 8.79. The highest BCUT2D eigenvalue weighted by Gasteiger charge is 2.25. The lowest BCUT2D eigenvalue weighted by Gasteiger charge is -2.35. The molecule has 0 amide bonds. The number of ether oxygens (including phenoxy) is 2. The molecule has 32 heavy (non-hydrogen) atoms. The van der Waals surface area contributed by atoms with E-state index in [4.69, 9.17) is 15.2 Å². The van der Waals surface area contributed by atoms with Gasteiger partial charge in [-0.25, -0.2) is 0 Å². The Labute approximate surface area is 192 Å². The SMILES string of the molecule is CC(COc1ccccc1N)CN1CCC(OC(c2ccccc2)c2ccccc2)CC1. The van der Waals surface area contributed by atoms with Crippen LogP contribution in [-0.2, 0) is 4.74 Å². The maximum atomic E-state index is 6.67. The van der Waals surface area contributed by atoms with E-state index in [0.717, 1.165) is 38.2 Å². The van der Waals surface area contributed by atoms with E-state index in [9.17, 15) is 0 Å². The fourth-order valence-corrected chi connectivity index (χ4v) is 4.36. The van der Waals surface area contributed by atoms with Crippen molar-refractivity contribution >= 4 is 5.69 Å². The van der Waals surface area contributed by atoms with Crippen LogP contribution in [0.25, 0.3) is 0 Å². The Morgan fingerprint density at radius 1 is 0.844 bits per heavy atom.